The lowest BCUT2D eigenvalue weighted by Gasteiger charge is -2.08. The van der Waals surface area contributed by atoms with E-state index in [1.807, 2.05) is 35.0 Å². The summed E-state index contributed by atoms with van der Waals surface area (Å²) in [6, 6.07) is 13.9. The summed E-state index contributed by atoms with van der Waals surface area (Å²) in [5.74, 6) is -0.243. The van der Waals surface area contributed by atoms with Crippen molar-refractivity contribution in [3.8, 4) is 0 Å². The van der Waals surface area contributed by atoms with Gasteiger partial charge in [0.1, 0.15) is 0 Å². The molecule has 1 N–H and O–H groups in total. The van der Waals surface area contributed by atoms with E-state index in [0.29, 0.717) is 12.1 Å². The fourth-order valence-electron chi connectivity index (χ4n) is 2.49. The number of hydrogen-bond donors (Lipinski definition) is 1. The van der Waals surface area contributed by atoms with Crippen molar-refractivity contribution in [1.82, 2.24) is 14.9 Å². The molecule has 7 heteroatoms. The minimum Gasteiger partial charge on any atom is -0.348 e. The molecule has 1 amide bonds. The number of aromatic nitrogens is 2. The molecule has 0 radical (unpaired) electrons. The maximum absolute atomic E-state index is 12.2. The summed E-state index contributed by atoms with van der Waals surface area (Å²) in [4.78, 5) is 16.4. The lowest BCUT2D eigenvalue weighted by atomic mass is 10.1. The molecule has 0 aliphatic heterocycles. The largest absolute Gasteiger partial charge is 0.348 e. The first-order valence-corrected chi connectivity index (χ1v) is 9.93. The van der Waals surface area contributed by atoms with Gasteiger partial charge in [-0.05, 0) is 35.4 Å². The van der Waals surface area contributed by atoms with Crippen LogP contribution in [0, 0.1) is 0 Å². The fraction of sp³-hybridized carbons (Fsp3) is 0.158. The van der Waals surface area contributed by atoms with Gasteiger partial charge < -0.3 is 9.88 Å². The van der Waals surface area contributed by atoms with Crippen molar-refractivity contribution in [2.24, 2.45) is 0 Å². The van der Waals surface area contributed by atoms with Crippen molar-refractivity contribution in [3.05, 3.63) is 83.9 Å². The number of nitrogens with zero attached hydrogens (tertiary/aromatic N) is 2. The highest BCUT2D eigenvalue weighted by molar-refractivity contribution is 7.90. The Morgan fingerprint density at radius 3 is 2.27 bits per heavy atom. The third-order valence-corrected chi connectivity index (χ3v) is 5.07. The molecule has 0 fully saturated rings. The molecule has 0 unspecified atom stereocenters. The number of amides is 1. The predicted octanol–water partition coefficient (Wildman–Crippen LogP) is 2.26. The maximum Gasteiger partial charge on any atom is 0.251 e. The number of hydrogen-bond acceptors (Lipinski definition) is 4. The molecule has 1 heterocycles. The fourth-order valence-corrected chi connectivity index (χ4v) is 3.12. The van der Waals surface area contributed by atoms with Crippen LogP contribution in [0.1, 0.15) is 21.5 Å². The van der Waals surface area contributed by atoms with Crippen LogP contribution in [0.2, 0.25) is 0 Å². The molecular formula is C19H19N3O3S. The van der Waals surface area contributed by atoms with Crippen LogP contribution >= 0.6 is 0 Å². The van der Waals surface area contributed by atoms with Gasteiger partial charge in [0, 0.05) is 37.3 Å². The molecule has 26 heavy (non-hydrogen) atoms. The van der Waals surface area contributed by atoms with Gasteiger partial charge in [-0.15, -0.1) is 0 Å². The smallest absolute Gasteiger partial charge is 0.251 e. The molecule has 134 valence electrons. The van der Waals surface area contributed by atoms with E-state index < -0.39 is 9.84 Å². The van der Waals surface area contributed by atoms with E-state index in [-0.39, 0.29) is 10.8 Å². The second-order valence-corrected chi connectivity index (χ2v) is 8.05. The topological polar surface area (TPSA) is 81.1 Å². The zero-order valence-corrected chi connectivity index (χ0v) is 15.1. The van der Waals surface area contributed by atoms with Crippen molar-refractivity contribution >= 4 is 15.7 Å². The normalized spacial score (nSPS) is 11.3. The van der Waals surface area contributed by atoms with Gasteiger partial charge in [0.25, 0.3) is 5.91 Å². The van der Waals surface area contributed by atoms with E-state index in [2.05, 4.69) is 10.3 Å². The standard InChI is InChI=1S/C19H19N3O3S/c1-26(24,25)18-8-6-17(7-9-18)19(23)21-12-15-2-4-16(5-3-15)13-22-11-10-20-14-22/h2-11,14H,12-13H2,1H3,(H,21,23). The highest BCUT2D eigenvalue weighted by Crippen LogP contribution is 2.11. The number of nitrogens with one attached hydrogen (secondary N) is 1. The Kier molecular flexibility index (Phi) is 5.18. The third-order valence-electron chi connectivity index (χ3n) is 3.95. The molecule has 0 saturated carbocycles. The first-order valence-electron chi connectivity index (χ1n) is 8.04. The quantitative estimate of drug-likeness (QED) is 0.723. The number of carbonyl (C=O) groups excluding carboxylic acids is 1. The zero-order chi connectivity index (χ0) is 18.6. The molecule has 0 spiro atoms. The van der Waals surface area contributed by atoms with Gasteiger partial charge in [0.05, 0.1) is 11.2 Å². The molecule has 0 aliphatic rings. The Morgan fingerprint density at radius 2 is 1.69 bits per heavy atom. The number of rotatable bonds is 6. The van der Waals surface area contributed by atoms with Crippen LogP contribution in [-0.4, -0.2) is 30.1 Å². The van der Waals surface area contributed by atoms with Crippen molar-refractivity contribution in [1.29, 1.82) is 0 Å². The highest BCUT2D eigenvalue weighted by Gasteiger charge is 2.09. The second kappa shape index (κ2) is 7.53. The molecule has 3 rings (SSSR count). The lowest BCUT2D eigenvalue weighted by Crippen LogP contribution is -2.22. The molecule has 0 atom stereocenters. The van der Waals surface area contributed by atoms with E-state index >= 15 is 0 Å². The molecule has 3 aromatic rings. The number of carbonyl (C=O) groups is 1. The van der Waals surface area contributed by atoms with Crippen LogP contribution in [0.5, 0.6) is 0 Å². The molecule has 0 bridgehead atoms. The van der Waals surface area contributed by atoms with E-state index in [4.69, 9.17) is 0 Å². The Labute approximate surface area is 152 Å². The monoisotopic (exact) mass is 369 g/mol. The van der Waals surface area contributed by atoms with Crippen LogP contribution in [0.3, 0.4) is 0 Å². The molecular weight excluding hydrogens is 350 g/mol. The van der Waals surface area contributed by atoms with E-state index in [1.54, 1.807) is 12.5 Å². The number of benzene rings is 2. The highest BCUT2D eigenvalue weighted by atomic mass is 32.2. The van der Waals surface area contributed by atoms with Crippen LogP contribution < -0.4 is 5.32 Å². The van der Waals surface area contributed by atoms with Gasteiger partial charge in [-0.2, -0.15) is 0 Å². The molecule has 0 saturated heterocycles. The van der Waals surface area contributed by atoms with Gasteiger partial charge in [-0.1, -0.05) is 24.3 Å². The van der Waals surface area contributed by atoms with Crippen LogP contribution in [0.25, 0.3) is 0 Å². The van der Waals surface area contributed by atoms with Gasteiger partial charge in [-0.3, -0.25) is 4.79 Å². The van der Waals surface area contributed by atoms with Crippen molar-refractivity contribution < 1.29 is 13.2 Å². The Hall–Kier alpha value is -2.93. The van der Waals surface area contributed by atoms with E-state index in [0.717, 1.165) is 23.9 Å². The van der Waals surface area contributed by atoms with Gasteiger partial charge in [0.15, 0.2) is 9.84 Å². The van der Waals surface area contributed by atoms with Crippen LogP contribution in [0.15, 0.2) is 72.1 Å². The van der Waals surface area contributed by atoms with Crippen LogP contribution in [0.4, 0.5) is 0 Å². The summed E-state index contributed by atoms with van der Waals surface area (Å²) < 4.78 is 24.9. The average Bonchev–Trinajstić information content (AvgIpc) is 3.13. The first-order chi connectivity index (χ1) is 12.4. The van der Waals surface area contributed by atoms with Gasteiger partial charge in [0.2, 0.25) is 0 Å². The Morgan fingerprint density at radius 1 is 1.04 bits per heavy atom. The summed E-state index contributed by atoms with van der Waals surface area (Å²) in [5.41, 5.74) is 2.56. The molecule has 2 aromatic carbocycles. The third kappa shape index (κ3) is 4.58. The van der Waals surface area contributed by atoms with Crippen molar-refractivity contribution in [2.45, 2.75) is 18.0 Å². The lowest BCUT2D eigenvalue weighted by molar-refractivity contribution is 0.0951. The summed E-state index contributed by atoms with van der Waals surface area (Å²) in [6.07, 6.45) is 6.55. The van der Waals surface area contributed by atoms with Gasteiger partial charge in [-0.25, -0.2) is 13.4 Å². The second-order valence-electron chi connectivity index (χ2n) is 6.03. The molecule has 1 aromatic heterocycles. The van der Waals surface area contributed by atoms with Crippen molar-refractivity contribution in [3.63, 3.8) is 0 Å². The minimum absolute atomic E-state index is 0.197. The Bertz CT molecular complexity index is 978. The summed E-state index contributed by atoms with van der Waals surface area (Å²) >= 11 is 0. The van der Waals surface area contributed by atoms with E-state index in [9.17, 15) is 13.2 Å². The SMILES string of the molecule is CS(=O)(=O)c1ccc(C(=O)NCc2ccc(Cn3ccnc3)cc2)cc1. The van der Waals surface area contributed by atoms with Crippen LogP contribution in [-0.2, 0) is 22.9 Å². The average molecular weight is 369 g/mol. The van der Waals surface area contributed by atoms with E-state index in [1.165, 1.54) is 24.3 Å². The summed E-state index contributed by atoms with van der Waals surface area (Å²) in [5, 5.41) is 2.83. The molecule has 0 aliphatic carbocycles. The Balaban J connectivity index is 1.57. The van der Waals surface area contributed by atoms with Gasteiger partial charge >= 0.3 is 0 Å². The van der Waals surface area contributed by atoms with Crippen molar-refractivity contribution in [2.75, 3.05) is 6.26 Å². The number of sulfone groups is 1. The maximum atomic E-state index is 12.2. The predicted molar refractivity (Wildman–Crippen MR) is 98.5 cm³/mol. The minimum atomic E-state index is -3.26. The number of imidazole rings is 1. The molecule has 6 nitrogen and oxygen atoms in total. The first kappa shape index (κ1) is 17.9. The zero-order valence-electron chi connectivity index (χ0n) is 14.3. The summed E-state index contributed by atoms with van der Waals surface area (Å²) in [7, 11) is -3.26. The summed E-state index contributed by atoms with van der Waals surface area (Å²) in [6.45, 7) is 1.15.